The molecule has 0 fully saturated rings. The Bertz CT molecular complexity index is 943. The Kier molecular flexibility index (Phi) is 6.76. The topological polar surface area (TPSA) is 67.8 Å². The highest BCUT2D eigenvalue weighted by Crippen LogP contribution is 2.35. The van der Waals surface area contributed by atoms with E-state index >= 15 is 0 Å². The van der Waals surface area contributed by atoms with Gasteiger partial charge in [-0.15, -0.1) is 0 Å². The van der Waals surface area contributed by atoms with E-state index in [0.29, 0.717) is 36.0 Å². The molecule has 0 bridgehead atoms. The van der Waals surface area contributed by atoms with Crippen LogP contribution in [0.25, 0.3) is 0 Å². The molecule has 0 unspecified atom stereocenters. The number of carbonyl (C=O) groups excluding carboxylic acids is 1. The molecule has 3 rings (SSSR count). The van der Waals surface area contributed by atoms with E-state index < -0.39 is 0 Å². The lowest BCUT2D eigenvalue weighted by atomic mass is 10.1. The average molecular weight is 489 g/mol. The van der Waals surface area contributed by atoms with Crippen LogP contribution in [0.5, 0.6) is 17.2 Å². The summed E-state index contributed by atoms with van der Waals surface area (Å²) in [5.74, 6) is 1.03. The predicted molar refractivity (Wildman–Crippen MR) is 117 cm³/mol. The first-order chi connectivity index (χ1) is 13.6. The summed E-state index contributed by atoms with van der Waals surface area (Å²) in [5, 5.41) is 12.2. The van der Waals surface area contributed by atoms with Crippen molar-refractivity contribution >= 4 is 34.2 Å². The maximum atomic E-state index is 12.6. The van der Waals surface area contributed by atoms with Crippen molar-refractivity contribution in [3.8, 4) is 17.2 Å². The van der Waals surface area contributed by atoms with Crippen LogP contribution in [0.4, 0.5) is 5.69 Å². The number of ether oxygens (including phenoxy) is 2. The van der Waals surface area contributed by atoms with Crippen molar-refractivity contribution in [1.29, 1.82) is 0 Å². The molecule has 6 heteroatoms. The van der Waals surface area contributed by atoms with Gasteiger partial charge < -0.3 is 19.9 Å². The van der Waals surface area contributed by atoms with Gasteiger partial charge in [0.25, 0.3) is 5.91 Å². The first-order valence-corrected chi connectivity index (χ1v) is 9.88. The van der Waals surface area contributed by atoms with Crippen LogP contribution < -0.4 is 14.8 Å². The first kappa shape index (κ1) is 20.0. The molecule has 3 aromatic rings. The number of aromatic hydroxyl groups is 1. The van der Waals surface area contributed by atoms with E-state index in [-0.39, 0.29) is 11.7 Å². The van der Waals surface area contributed by atoms with Crippen LogP contribution in [0.1, 0.15) is 22.8 Å². The Morgan fingerprint density at radius 2 is 1.75 bits per heavy atom. The lowest BCUT2D eigenvalue weighted by molar-refractivity contribution is 0.102. The van der Waals surface area contributed by atoms with E-state index in [2.05, 4.69) is 27.9 Å². The molecule has 0 spiro atoms. The van der Waals surface area contributed by atoms with Crippen molar-refractivity contribution in [1.82, 2.24) is 0 Å². The van der Waals surface area contributed by atoms with Crippen LogP contribution in [-0.2, 0) is 6.61 Å². The van der Waals surface area contributed by atoms with Gasteiger partial charge in [-0.25, -0.2) is 0 Å². The van der Waals surface area contributed by atoms with Gasteiger partial charge in [-0.1, -0.05) is 30.3 Å². The predicted octanol–water partition coefficient (Wildman–Crippen LogP) is 5.23. The van der Waals surface area contributed by atoms with Crippen molar-refractivity contribution in [2.45, 2.75) is 13.5 Å². The number of halogens is 1. The Labute approximate surface area is 177 Å². The van der Waals surface area contributed by atoms with E-state index in [9.17, 15) is 9.90 Å². The molecule has 0 aliphatic heterocycles. The summed E-state index contributed by atoms with van der Waals surface area (Å²) in [6.45, 7) is 2.76. The van der Waals surface area contributed by atoms with Gasteiger partial charge in [0.05, 0.1) is 10.2 Å². The Balaban J connectivity index is 1.81. The summed E-state index contributed by atoms with van der Waals surface area (Å²) in [7, 11) is 0. The third-order valence-corrected chi connectivity index (χ3v) is 4.72. The average Bonchev–Trinajstić information content (AvgIpc) is 2.70. The van der Waals surface area contributed by atoms with Gasteiger partial charge in [0, 0.05) is 11.3 Å². The van der Waals surface area contributed by atoms with Gasteiger partial charge in [0.2, 0.25) is 0 Å². The summed E-state index contributed by atoms with van der Waals surface area (Å²) >= 11 is 2.14. The number of amides is 1. The Hall–Kier alpha value is -2.74. The molecular weight excluding hydrogens is 469 g/mol. The van der Waals surface area contributed by atoms with Gasteiger partial charge in [-0.05, 0) is 71.5 Å². The minimum absolute atomic E-state index is 0.145. The number of benzene rings is 3. The van der Waals surface area contributed by atoms with Gasteiger partial charge >= 0.3 is 0 Å². The van der Waals surface area contributed by atoms with Gasteiger partial charge in [0.15, 0.2) is 11.5 Å². The molecule has 0 aliphatic carbocycles. The summed E-state index contributed by atoms with van der Waals surface area (Å²) < 4.78 is 12.5. The molecule has 0 aliphatic rings. The summed E-state index contributed by atoms with van der Waals surface area (Å²) in [4.78, 5) is 12.6. The van der Waals surface area contributed by atoms with Crippen LogP contribution in [-0.4, -0.2) is 17.6 Å². The van der Waals surface area contributed by atoms with Crippen LogP contribution >= 0.6 is 22.6 Å². The van der Waals surface area contributed by atoms with Crippen molar-refractivity contribution < 1.29 is 19.4 Å². The first-order valence-electron chi connectivity index (χ1n) is 8.80. The number of phenols is 1. The Morgan fingerprint density at radius 1 is 1.04 bits per heavy atom. The Morgan fingerprint density at radius 3 is 2.43 bits per heavy atom. The van der Waals surface area contributed by atoms with E-state index in [1.165, 1.54) is 12.1 Å². The maximum absolute atomic E-state index is 12.6. The number of carbonyl (C=O) groups is 1. The van der Waals surface area contributed by atoms with Crippen LogP contribution in [0.2, 0.25) is 0 Å². The highest BCUT2D eigenvalue weighted by Gasteiger charge is 2.16. The fourth-order valence-electron chi connectivity index (χ4n) is 2.58. The number of anilines is 1. The minimum Gasteiger partial charge on any atom is -0.508 e. The molecule has 5 nitrogen and oxygen atoms in total. The molecule has 0 saturated heterocycles. The maximum Gasteiger partial charge on any atom is 0.255 e. The molecule has 0 saturated carbocycles. The smallest absolute Gasteiger partial charge is 0.255 e. The van der Waals surface area contributed by atoms with E-state index in [0.717, 1.165) is 9.13 Å². The van der Waals surface area contributed by atoms with Crippen LogP contribution in [0, 0.1) is 3.57 Å². The SMILES string of the molecule is CCOc1cc(C(=O)Nc2ccc(O)cc2)cc(I)c1OCc1ccccc1. The number of rotatable bonds is 7. The summed E-state index contributed by atoms with van der Waals surface area (Å²) in [6.07, 6.45) is 0. The fourth-order valence-corrected chi connectivity index (χ4v) is 3.34. The molecule has 0 radical (unpaired) electrons. The second kappa shape index (κ2) is 9.45. The van der Waals surface area contributed by atoms with Crippen molar-refractivity contribution in [3.63, 3.8) is 0 Å². The molecule has 0 heterocycles. The third kappa shape index (κ3) is 5.16. The monoisotopic (exact) mass is 489 g/mol. The highest BCUT2D eigenvalue weighted by atomic mass is 127. The lowest BCUT2D eigenvalue weighted by Gasteiger charge is -2.15. The van der Waals surface area contributed by atoms with Gasteiger partial charge in [-0.3, -0.25) is 4.79 Å². The van der Waals surface area contributed by atoms with E-state index in [1.54, 1.807) is 24.3 Å². The van der Waals surface area contributed by atoms with E-state index in [1.807, 2.05) is 37.3 Å². The van der Waals surface area contributed by atoms with E-state index in [4.69, 9.17) is 9.47 Å². The summed E-state index contributed by atoms with van der Waals surface area (Å²) in [5.41, 5.74) is 2.11. The van der Waals surface area contributed by atoms with Gasteiger partial charge in [-0.2, -0.15) is 0 Å². The largest absolute Gasteiger partial charge is 0.508 e. The summed E-state index contributed by atoms with van der Waals surface area (Å²) in [6, 6.07) is 19.6. The van der Waals surface area contributed by atoms with Crippen LogP contribution in [0.15, 0.2) is 66.7 Å². The molecular formula is C22H20INO4. The normalized spacial score (nSPS) is 10.4. The molecule has 28 heavy (non-hydrogen) atoms. The third-order valence-electron chi connectivity index (χ3n) is 3.92. The van der Waals surface area contributed by atoms with Crippen molar-refractivity contribution in [3.05, 3.63) is 81.4 Å². The number of nitrogens with one attached hydrogen (secondary N) is 1. The number of hydrogen-bond donors (Lipinski definition) is 2. The molecule has 144 valence electrons. The second-order valence-electron chi connectivity index (χ2n) is 5.99. The second-order valence-corrected chi connectivity index (χ2v) is 7.16. The number of hydrogen-bond acceptors (Lipinski definition) is 4. The molecule has 0 atom stereocenters. The molecule has 0 aromatic heterocycles. The van der Waals surface area contributed by atoms with Crippen molar-refractivity contribution in [2.24, 2.45) is 0 Å². The molecule has 1 amide bonds. The van der Waals surface area contributed by atoms with Crippen molar-refractivity contribution in [2.75, 3.05) is 11.9 Å². The number of phenolic OH excluding ortho intramolecular Hbond substituents is 1. The minimum atomic E-state index is -0.265. The zero-order chi connectivity index (χ0) is 19.9. The van der Waals surface area contributed by atoms with Gasteiger partial charge in [0.1, 0.15) is 12.4 Å². The standard InChI is InChI=1S/C22H20INO4/c1-2-27-20-13-16(22(26)24-17-8-10-18(25)11-9-17)12-19(23)21(20)28-14-15-6-4-3-5-7-15/h3-13,25H,2,14H2,1H3,(H,24,26). The zero-order valence-corrected chi connectivity index (χ0v) is 17.5. The van der Waals surface area contributed by atoms with Crippen LogP contribution in [0.3, 0.4) is 0 Å². The molecule has 2 N–H and O–H groups in total. The molecule has 3 aromatic carbocycles. The quantitative estimate of drug-likeness (QED) is 0.353. The zero-order valence-electron chi connectivity index (χ0n) is 15.3. The lowest BCUT2D eigenvalue weighted by Crippen LogP contribution is -2.13. The fraction of sp³-hybridized carbons (Fsp3) is 0.136. The highest BCUT2D eigenvalue weighted by molar-refractivity contribution is 14.1.